The van der Waals surface area contributed by atoms with Gasteiger partial charge in [-0.3, -0.25) is 19.4 Å². The molecule has 0 N–H and O–H groups in total. The molecule has 0 atom stereocenters. The molecule has 2 aliphatic rings. The van der Waals surface area contributed by atoms with Crippen LogP contribution in [0.3, 0.4) is 0 Å². The Morgan fingerprint density at radius 1 is 0.893 bits per heavy atom. The first kappa shape index (κ1) is 18.2. The second kappa shape index (κ2) is 7.42. The van der Waals surface area contributed by atoms with Crippen molar-refractivity contribution in [1.29, 1.82) is 0 Å². The van der Waals surface area contributed by atoms with Crippen molar-refractivity contribution in [3.63, 3.8) is 0 Å². The molecule has 28 heavy (non-hydrogen) atoms. The zero-order valence-corrected chi connectivity index (χ0v) is 15.8. The number of hydrogen-bond donors (Lipinski definition) is 0. The summed E-state index contributed by atoms with van der Waals surface area (Å²) in [6, 6.07) is 11.1. The molecule has 1 fully saturated rings. The van der Waals surface area contributed by atoms with Crippen molar-refractivity contribution in [2.24, 2.45) is 0 Å². The Bertz CT molecular complexity index is 935. The first-order valence-corrected chi connectivity index (χ1v) is 9.45. The van der Waals surface area contributed by atoms with E-state index in [1.807, 2.05) is 24.3 Å². The van der Waals surface area contributed by atoms with Gasteiger partial charge in [-0.25, -0.2) is 0 Å². The lowest BCUT2D eigenvalue weighted by molar-refractivity contribution is -0.130. The molecule has 3 heterocycles. The van der Waals surface area contributed by atoms with Crippen LogP contribution in [0.1, 0.15) is 33.3 Å². The third-order valence-electron chi connectivity index (χ3n) is 5.37. The fraction of sp³-hybridized carbons (Fsp3) is 0.333. The maximum absolute atomic E-state index is 13.0. The molecule has 144 valence electrons. The molecular weight excluding hydrogens is 356 g/mol. The standard InChI is InChI=1S/C21H22N4O3/c1-15(26)23-10-12-24(13-11-23)21(28)18-14-17(6-8-22-18)20(27)25-9-7-16-4-2-3-5-19(16)25/h2-6,8,14H,7,9-13H2,1H3. The number of amides is 3. The van der Waals surface area contributed by atoms with Crippen LogP contribution < -0.4 is 4.90 Å². The molecule has 0 spiro atoms. The zero-order valence-electron chi connectivity index (χ0n) is 15.8. The van der Waals surface area contributed by atoms with Crippen LogP contribution in [0.2, 0.25) is 0 Å². The Morgan fingerprint density at radius 3 is 2.36 bits per heavy atom. The lowest BCUT2D eigenvalue weighted by Gasteiger charge is -2.34. The Hall–Kier alpha value is -3.22. The van der Waals surface area contributed by atoms with Gasteiger partial charge in [0.15, 0.2) is 0 Å². The summed E-state index contributed by atoms with van der Waals surface area (Å²) >= 11 is 0. The van der Waals surface area contributed by atoms with Gasteiger partial charge >= 0.3 is 0 Å². The van der Waals surface area contributed by atoms with Crippen LogP contribution in [0.5, 0.6) is 0 Å². The molecule has 0 radical (unpaired) electrons. The number of benzene rings is 1. The van der Waals surface area contributed by atoms with Crippen molar-refractivity contribution in [3.8, 4) is 0 Å². The topological polar surface area (TPSA) is 73.8 Å². The van der Waals surface area contributed by atoms with Crippen LogP contribution in [-0.4, -0.2) is 65.2 Å². The number of piperazine rings is 1. The fourth-order valence-electron chi connectivity index (χ4n) is 3.77. The van der Waals surface area contributed by atoms with E-state index in [-0.39, 0.29) is 23.4 Å². The predicted octanol–water partition coefficient (Wildman–Crippen LogP) is 1.59. The average Bonchev–Trinajstić information content (AvgIpc) is 3.17. The normalized spacial score (nSPS) is 16.1. The smallest absolute Gasteiger partial charge is 0.272 e. The second-order valence-electron chi connectivity index (χ2n) is 7.06. The van der Waals surface area contributed by atoms with Gasteiger partial charge in [0.1, 0.15) is 5.69 Å². The summed E-state index contributed by atoms with van der Waals surface area (Å²) in [5.41, 5.74) is 2.80. The van der Waals surface area contributed by atoms with E-state index in [4.69, 9.17) is 0 Å². The van der Waals surface area contributed by atoms with Gasteiger partial charge in [-0.05, 0) is 30.2 Å². The van der Waals surface area contributed by atoms with Gasteiger partial charge in [0.05, 0.1) is 0 Å². The average molecular weight is 378 g/mol. The molecule has 0 saturated carbocycles. The van der Waals surface area contributed by atoms with Crippen molar-refractivity contribution in [1.82, 2.24) is 14.8 Å². The molecule has 2 aromatic rings. The molecule has 2 aliphatic heterocycles. The van der Waals surface area contributed by atoms with Gasteiger partial charge in [-0.15, -0.1) is 0 Å². The van der Waals surface area contributed by atoms with Crippen molar-refractivity contribution >= 4 is 23.4 Å². The van der Waals surface area contributed by atoms with Gasteiger partial charge in [0, 0.05) is 57.1 Å². The summed E-state index contributed by atoms with van der Waals surface area (Å²) < 4.78 is 0. The SMILES string of the molecule is CC(=O)N1CCN(C(=O)c2cc(C(=O)N3CCc4ccccc43)ccn2)CC1. The van der Waals surface area contributed by atoms with E-state index in [2.05, 4.69) is 4.98 Å². The van der Waals surface area contributed by atoms with Crippen LogP contribution in [0, 0.1) is 0 Å². The van der Waals surface area contributed by atoms with E-state index >= 15 is 0 Å². The number of carbonyl (C=O) groups excluding carboxylic acids is 3. The van der Waals surface area contributed by atoms with Crippen LogP contribution in [0.15, 0.2) is 42.6 Å². The zero-order chi connectivity index (χ0) is 19.7. The van der Waals surface area contributed by atoms with Crippen molar-refractivity contribution in [2.75, 3.05) is 37.6 Å². The van der Waals surface area contributed by atoms with E-state index in [0.29, 0.717) is 38.3 Å². The number of carbonyl (C=O) groups is 3. The minimum absolute atomic E-state index is 0.0173. The van der Waals surface area contributed by atoms with Crippen LogP contribution in [0.25, 0.3) is 0 Å². The quantitative estimate of drug-likeness (QED) is 0.795. The highest BCUT2D eigenvalue weighted by molar-refractivity contribution is 6.08. The third kappa shape index (κ3) is 3.35. The number of para-hydroxylation sites is 1. The minimum Gasteiger partial charge on any atom is -0.339 e. The van der Waals surface area contributed by atoms with Crippen molar-refractivity contribution in [2.45, 2.75) is 13.3 Å². The maximum Gasteiger partial charge on any atom is 0.272 e. The molecule has 7 heteroatoms. The predicted molar refractivity (Wildman–Crippen MR) is 104 cm³/mol. The van der Waals surface area contributed by atoms with Gasteiger partial charge in [-0.1, -0.05) is 18.2 Å². The molecule has 0 aliphatic carbocycles. The van der Waals surface area contributed by atoms with E-state index in [1.54, 1.807) is 26.8 Å². The molecule has 1 aromatic carbocycles. The number of nitrogens with zero attached hydrogens (tertiary/aromatic N) is 4. The summed E-state index contributed by atoms with van der Waals surface area (Å²) in [6.45, 7) is 4.14. The van der Waals surface area contributed by atoms with Gasteiger partial charge < -0.3 is 14.7 Å². The summed E-state index contributed by atoms with van der Waals surface area (Å²) in [5.74, 6) is -0.314. The molecule has 4 rings (SSSR count). The molecular formula is C21H22N4O3. The lowest BCUT2D eigenvalue weighted by atomic mass is 10.1. The highest BCUT2D eigenvalue weighted by atomic mass is 16.2. The number of pyridine rings is 1. The van der Waals surface area contributed by atoms with Crippen LogP contribution >= 0.6 is 0 Å². The van der Waals surface area contributed by atoms with E-state index < -0.39 is 0 Å². The summed E-state index contributed by atoms with van der Waals surface area (Å²) in [4.78, 5) is 46.6. The fourth-order valence-corrected chi connectivity index (χ4v) is 3.77. The van der Waals surface area contributed by atoms with Crippen molar-refractivity contribution in [3.05, 3.63) is 59.4 Å². The minimum atomic E-state index is -0.209. The first-order valence-electron chi connectivity index (χ1n) is 9.45. The Morgan fingerprint density at radius 2 is 1.61 bits per heavy atom. The number of anilines is 1. The summed E-state index contributed by atoms with van der Waals surface area (Å²) in [5, 5.41) is 0. The van der Waals surface area contributed by atoms with Crippen LogP contribution in [0.4, 0.5) is 5.69 Å². The number of aromatic nitrogens is 1. The monoisotopic (exact) mass is 378 g/mol. The first-order chi connectivity index (χ1) is 13.5. The Labute approximate surface area is 163 Å². The Balaban J connectivity index is 1.50. The molecule has 1 aromatic heterocycles. The third-order valence-corrected chi connectivity index (χ3v) is 5.37. The van der Waals surface area contributed by atoms with E-state index in [0.717, 1.165) is 17.7 Å². The molecule has 1 saturated heterocycles. The highest BCUT2D eigenvalue weighted by Crippen LogP contribution is 2.28. The number of hydrogen-bond acceptors (Lipinski definition) is 4. The number of rotatable bonds is 2. The Kier molecular flexibility index (Phi) is 4.81. The van der Waals surface area contributed by atoms with E-state index in [9.17, 15) is 14.4 Å². The van der Waals surface area contributed by atoms with E-state index in [1.165, 1.54) is 13.1 Å². The lowest BCUT2D eigenvalue weighted by Crippen LogP contribution is -2.50. The summed E-state index contributed by atoms with van der Waals surface area (Å²) in [7, 11) is 0. The molecule has 0 bridgehead atoms. The summed E-state index contributed by atoms with van der Waals surface area (Å²) in [6.07, 6.45) is 2.34. The number of fused-ring (bicyclic) bond motifs is 1. The molecule has 0 unspecified atom stereocenters. The van der Waals surface area contributed by atoms with Crippen molar-refractivity contribution < 1.29 is 14.4 Å². The molecule has 7 nitrogen and oxygen atoms in total. The van der Waals surface area contributed by atoms with Gasteiger partial charge in [0.2, 0.25) is 5.91 Å². The van der Waals surface area contributed by atoms with Gasteiger partial charge in [-0.2, -0.15) is 0 Å². The molecule has 3 amide bonds. The largest absolute Gasteiger partial charge is 0.339 e. The second-order valence-corrected chi connectivity index (χ2v) is 7.06. The van der Waals surface area contributed by atoms with Crippen LogP contribution in [-0.2, 0) is 11.2 Å². The van der Waals surface area contributed by atoms with Gasteiger partial charge in [0.25, 0.3) is 11.8 Å². The highest BCUT2D eigenvalue weighted by Gasteiger charge is 2.27. The maximum atomic E-state index is 13.0.